The minimum atomic E-state index is -0.324. The summed E-state index contributed by atoms with van der Waals surface area (Å²) in [6, 6.07) is 68.0. The third-order valence-corrected chi connectivity index (χ3v) is 10.8. The summed E-state index contributed by atoms with van der Waals surface area (Å²) in [4.78, 5) is 10.4. The summed E-state index contributed by atoms with van der Waals surface area (Å²) >= 11 is 0. The van der Waals surface area contributed by atoms with Gasteiger partial charge in [-0.15, -0.1) is 0 Å². The summed E-state index contributed by atoms with van der Waals surface area (Å²) in [5, 5.41) is 8.18. The number of nitrogens with zero attached hydrogens (tertiary/aromatic N) is 3. The second kappa shape index (κ2) is 13.1. The molecule has 1 unspecified atom stereocenters. The maximum absolute atomic E-state index is 6.90. The summed E-state index contributed by atoms with van der Waals surface area (Å²) < 4.78 is 9.26. The fourth-order valence-corrected chi connectivity index (χ4v) is 8.18. The second-order valence-corrected chi connectivity index (χ2v) is 14.2. The average molecular weight is 719 g/mol. The van der Waals surface area contributed by atoms with Gasteiger partial charge >= 0.3 is 0 Å². The van der Waals surface area contributed by atoms with E-state index in [4.69, 9.17) is 14.4 Å². The number of aromatic nitrogens is 1. The SMILES string of the molecule is c1ccc(C2=NC(c3ccccc3)NC(c3cc(-c4ccccc4)cc4oc5cc(-n6c7ccccc7c7ccc(-c8ccccc8)cc76)ccc5c34)=N2)cc1. The Morgan fingerprint density at radius 2 is 1.09 bits per heavy atom. The van der Waals surface area contributed by atoms with Crippen molar-refractivity contribution in [3.8, 4) is 27.9 Å². The summed E-state index contributed by atoms with van der Waals surface area (Å²) in [5.74, 6) is 1.43. The third-order valence-electron chi connectivity index (χ3n) is 10.8. The summed E-state index contributed by atoms with van der Waals surface area (Å²) in [5.41, 5.74) is 12.4. The van der Waals surface area contributed by atoms with Crippen LogP contribution in [0.3, 0.4) is 0 Å². The van der Waals surface area contributed by atoms with Crippen LogP contribution in [0.1, 0.15) is 22.9 Å². The molecule has 8 aromatic carbocycles. The van der Waals surface area contributed by atoms with Crippen molar-refractivity contribution < 1.29 is 4.42 Å². The Balaban J connectivity index is 1.13. The zero-order valence-electron chi connectivity index (χ0n) is 30.3. The maximum atomic E-state index is 6.90. The van der Waals surface area contributed by atoms with Crippen LogP contribution in [0.2, 0.25) is 0 Å². The number of fused-ring (bicyclic) bond motifs is 6. The number of hydrogen-bond acceptors (Lipinski definition) is 4. The van der Waals surface area contributed by atoms with Crippen molar-refractivity contribution >= 4 is 55.4 Å². The van der Waals surface area contributed by atoms with Gasteiger partial charge in [0.2, 0.25) is 0 Å². The Hall–Kier alpha value is -7.50. The Bertz CT molecular complexity index is 3140. The van der Waals surface area contributed by atoms with E-state index in [0.29, 0.717) is 5.84 Å². The summed E-state index contributed by atoms with van der Waals surface area (Å²) in [6.07, 6.45) is -0.324. The van der Waals surface area contributed by atoms with E-state index in [0.717, 1.165) is 72.3 Å². The lowest BCUT2D eigenvalue weighted by Gasteiger charge is -2.24. The highest BCUT2D eigenvalue weighted by molar-refractivity contribution is 6.23. The van der Waals surface area contributed by atoms with Crippen LogP contribution in [-0.2, 0) is 0 Å². The van der Waals surface area contributed by atoms with Gasteiger partial charge in [0.05, 0.1) is 11.0 Å². The zero-order chi connectivity index (χ0) is 37.0. The molecule has 0 bridgehead atoms. The largest absolute Gasteiger partial charge is 0.456 e. The standard InChI is InChI=1S/C51H34N4O/c1-5-15-33(16-6-1)37-25-27-41-40-23-13-14-24-44(40)55(45(41)30-37)39-26-28-42-46(32-39)56-47-31-38(34-17-7-2-8-18-34)29-43(48(42)47)51-53-49(35-19-9-3-10-20-35)52-50(54-51)36-21-11-4-12-22-36/h1-32,49H,(H,52,53,54). The first-order valence-corrected chi connectivity index (χ1v) is 18.9. The van der Waals surface area contributed by atoms with Crippen molar-refractivity contribution in [1.29, 1.82) is 0 Å². The lowest BCUT2D eigenvalue weighted by molar-refractivity contribution is 0.667. The van der Waals surface area contributed by atoms with E-state index in [1.807, 2.05) is 30.3 Å². The van der Waals surface area contributed by atoms with E-state index < -0.39 is 0 Å². The lowest BCUT2D eigenvalue weighted by atomic mass is 9.97. The fourth-order valence-electron chi connectivity index (χ4n) is 8.18. The molecule has 0 radical (unpaired) electrons. The van der Waals surface area contributed by atoms with E-state index in [2.05, 4.69) is 174 Å². The fraction of sp³-hybridized carbons (Fsp3) is 0.0196. The van der Waals surface area contributed by atoms with E-state index in [1.54, 1.807) is 0 Å². The molecule has 0 saturated heterocycles. The number of aliphatic imine (C=N–C) groups is 2. The molecule has 0 aliphatic carbocycles. The Labute approximate surface area is 323 Å². The van der Waals surface area contributed by atoms with Crippen molar-refractivity contribution in [3.05, 3.63) is 211 Å². The molecular weight excluding hydrogens is 685 g/mol. The maximum Gasteiger partial charge on any atom is 0.159 e. The van der Waals surface area contributed by atoms with Crippen LogP contribution in [0, 0.1) is 0 Å². The first kappa shape index (κ1) is 32.0. The van der Waals surface area contributed by atoms with Crippen molar-refractivity contribution in [1.82, 2.24) is 9.88 Å². The molecular formula is C51H34N4O. The number of hydrogen-bond donors (Lipinski definition) is 1. The molecule has 0 spiro atoms. The van der Waals surface area contributed by atoms with Gasteiger partial charge in [-0.05, 0) is 64.2 Å². The molecule has 11 rings (SSSR count). The molecule has 10 aromatic rings. The number of rotatable bonds is 6. The van der Waals surface area contributed by atoms with Gasteiger partial charge in [-0.1, -0.05) is 152 Å². The quantitative estimate of drug-likeness (QED) is 0.186. The van der Waals surface area contributed by atoms with Crippen molar-refractivity contribution in [3.63, 3.8) is 0 Å². The van der Waals surface area contributed by atoms with Crippen LogP contribution in [0.5, 0.6) is 0 Å². The second-order valence-electron chi connectivity index (χ2n) is 14.2. The van der Waals surface area contributed by atoms with Crippen molar-refractivity contribution in [2.24, 2.45) is 9.98 Å². The van der Waals surface area contributed by atoms with E-state index in [9.17, 15) is 0 Å². The van der Waals surface area contributed by atoms with Gasteiger partial charge in [0.15, 0.2) is 5.84 Å². The molecule has 264 valence electrons. The topological polar surface area (TPSA) is 54.8 Å². The van der Waals surface area contributed by atoms with E-state index in [1.165, 1.54) is 21.9 Å². The van der Waals surface area contributed by atoms with Crippen molar-refractivity contribution in [2.75, 3.05) is 0 Å². The Morgan fingerprint density at radius 1 is 0.464 bits per heavy atom. The molecule has 1 aliphatic heterocycles. The van der Waals surface area contributed by atoms with Crippen LogP contribution in [0.4, 0.5) is 0 Å². The van der Waals surface area contributed by atoms with Crippen LogP contribution >= 0.6 is 0 Å². The Kier molecular flexibility index (Phi) is 7.49. The van der Waals surface area contributed by atoms with E-state index in [-0.39, 0.29) is 6.17 Å². The summed E-state index contributed by atoms with van der Waals surface area (Å²) in [6.45, 7) is 0. The predicted molar refractivity (Wildman–Crippen MR) is 231 cm³/mol. The first-order chi connectivity index (χ1) is 27.7. The van der Waals surface area contributed by atoms with E-state index >= 15 is 0 Å². The van der Waals surface area contributed by atoms with Crippen LogP contribution < -0.4 is 5.32 Å². The highest BCUT2D eigenvalue weighted by atomic mass is 16.3. The summed E-state index contributed by atoms with van der Waals surface area (Å²) in [7, 11) is 0. The number of amidine groups is 2. The molecule has 0 saturated carbocycles. The number of furan rings is 1. The molecule has 3 heterocycles. The molecule has 1 atom stereocenters. The van der Waals surface area contributed by atoms with Gasteiger partial charge in [0.25, 0.3) is 0 Å². The van der Waals surface area contributed by atoms with Crippen LogP contribution in [0.25, 0.3) is 71.7 Å². The molecule has 5 heteroatoms. The number of benzene rings is 8. The molecule has 1 aliphatic rings. The zero-order valence-corrected chi connectivity index (χ0v) is 30.3. The van der Waals surface area contributed by atoms with Gasteiger partial charge in [0, 0.05) is 44.4 Å². The monoisotopic (exact) mass is 718 g/mol. The van der Waals surface area contributed by atoms with Crippen LogP contribution in [-0.4, -0.2) is 16.2 Å². The normalized spacial score (nSPS) is 14.2. The molecule has 56 heavy (non-hydrogen) atoms. The van der Waals surface area contributed by atoms with Crippen LogP contribution in [0.15, 0.2) is 209 Å². The minimum absolute atomic E-state index is 0.324. The molecule has 0 fully saturated rings. The van der Waals surface area contributed by atoms with Gasteiger partial charge in [-0.2, -0.15) is 0 Å². The van der Waals surface area contributed by atoms with Gasteiger partial charge < -0.3 is 14.3 Å². The number of nitrogens with one attached hydrogen (secondary N) is 1. The van der Waals surface area contributed by atoms with Crippen molar-refractivity contribution in [2.45, 2.75) is 6.17 Å². The highest BCUT2D eigenvalue weighted by Gasteiger charge is 2.25. The predicted octanol–water partition coefficient (Wildman–Crippen LogP) is 12.5. The first-order valence-electron chi connectivity index (χ1n) is 18.9. The van der Waals surface area contributed by atoms with Gasteiger partial charge in [0.1, 0.15) is 23.2 Å². The van der Waals surface area contributed by atoms with Gasteiger partial charge in [-0.25, -0.2) is 9.98 Å². The number of para-hydroxylation sites is 1. The lowest BCUT2D eigenvalue weighted by Crippen LogP contribution is -2.33. The highest BCUT2D eigenvalue weighted by Crippen LogP contribution is 2.40. The third kappa shape index (κ3) is 5.40. The smallest absolute Gasteiger partial charge is 0.159 e. The Morgan fingerprint density at radius 3 is 1.84 bits per heavy atom. The average Bonchev–Trinajstić information content (AvgIpc) is 3.82. The molecule has 1 N–H and O–H groups in total. The molecule has 0 amide bonds. The van der Waals surface area contributed by atoms with Gasteiger partial charge in [-0.3, -0.25) is 0 Å². The molecule has 5 nitrogen and oxygen atoms in total. The minimum Gasteiger partial charge on any atom is -0.456 e. The molecule has 2 aromatic heterocycles.